The highest BCUT2D eigenvalue weighted by Crippen LogP contribution is 2.29. The van der Waals surface area contributed by atoms with E-state index in [9.17, 15) is 14.7 Å². The third kappa shape index (κ3) is 45.7. The molecule has 0 rings (SSSR count). The van der Waals surface area contributed by atoms with Gasteiger partial charge in [-0.05, 0) is 115 Å². The van der Waals surface area contributed by atoms with E-state index in [1.807, 2.05) is 0 Å². The van der Waals surface area contributed by atoms with E-state index in [4.69, 9.17) is 9.47 Å². The average Bonchev–Trinajstić information content (AvgIpc) is 3.31. The molecule has 1 N–H and O–H groups in total. The van der Waals surface area contributed by atoms with Crippen LogP contribution in [0.3, 0.4) is 0 Å². The van der Waals surface area contributed by atoms with Crippen LogP contribution in [-0.4, -0.2) is 60.4 Å². The van der Waals surface area contributed by atoms with Crippen molar-refractivity contribution in [3.8, 4) is 0 Å². The van der Waals surface area contributed by atoms with Gasteiger partial charge in [-0.25, -0.2) is 0 Å². The van der Waals surface area contributed by atoms with Gasteiger partial charge in [0.1, 0.15) is 0 Å². The Morgan fingerprint density at radius 1 is 0.358 bits per heavy atom. The molecule has 6 nitrogen and oxygen atoms in total. The zero-order valence-electron chi connectivity index (χ0n) is 46.5. The van der Waals surface area contributed by atoms with Gasteiger partial charge in [0.2, 0.25) is 0 Å². The first kappa shape index (κ1) is 65.9. The monoisotopic (exact) mass is 948 g/mol. The molecule has 0 saturated carbocycles. The molecular weight excluding hydrogens is 827 g/mol. The van der Waals surface area contributed by atoms with Crippen molar-refractivity contribution < 1.29 is 24.2 Å². The van der Waals surface area contributed by atoms with Gasteiger partial charge in [-0.1, -0.05) is 234 Å². The van der Waals surface area contributed by atoms with E-state index in [1.165, 1.54) is 206 Å². The van der Waals surface area contributed by atoms with Crippen LogP contribution >= 0.6 is 0 Å². The van der Waals surface area contributed by atoms with Gasteiger partial charge in [0.15, 0.2) is 0 Å². The fourth-order valence-electron chi connectivity index (χ4n) is 10.5. The maximum atomic E-state index is 13.0. The molecule has 0 amide bonds. The summed E-state index contributed by atoms with van der Waals surface area (Å²) in [5.74, 6) is 0.973. The molecular formula is C61H121NO5. The first-order valence-electron chi connectivity index (χ1n) is 30.5. The van der Waals surface area contributed by atoms with Crippen LogP contribution in [0.4, 0.5) is 0 Å². The van der Waals surface area contributed by atoms with Gasteiger partial charge in [-0.3, -0.25) is 9.59 Å². The van der Waals surface area contributed by atoms with E-state index in [1.54, 1.807) is 0 Å². The highest BCUT2D eigenvalue weighted by molar-refractivity contribution is 5.70. The molecule has 0 bridgehead atoms. The molecule has 0 heterocycles. The highest BCUT2D eigenvalue weighted by atomic mass is 16.5. The van der Waals surface area contributed by atoms with Crippen molar-refractivity contribution >= 4 is 11.9 Å². The molecule has 0 aromatic heterocycles. The Hall–Kier alpha value is -1.14. The van der Waals surface area contributed by atoms with Crippen molar-refractivity contribution in [3.05, 3.63) is 0 Å². The van der Waals surface area contributed by atoms with Gasteiger partial charge < -0.3 is 19.5 Å². The van der Waals surface area contributed by atoms with Crippen LogP contribution in [0, 0.1) is 11.8 Å². The lowest BCUT2D eigenvalue weighted by Gasteiger charge is -2.29. The second-order valence-electron chi connectivity index (χ2n) is 21.7. The zero-order chi connectivity index (χ0) is 49.2. The summed E-state index contributed by atoms with van der Waals surface area (Å²) in [7, 11) is 0. The molecule has 400 valence electrons. The first-order chi connectivity index (χ1) is 32.8. The second-order valence-corrected chi connectivity index (χ2v) is 21.7. The van der Waals surface area contributed by atoms with E-state index in [0.717, 1.165) is 90.0 Å². The molecule has 0 saturated heterocycles. The minimum absolute atomic E-state index is 0.0113. The van der Waals surface area contributed by atoms with Crippen molar-refractivity contribution in [2.24, 2.45) is 11.8 Å². The lowest BCUT2D eigenvalue weighted by molar-refractivity contribution is -0.146. The molecule has 0 radical (unpaired) electrons. The summed E-state index contributed by atoms with van der Waals surface area (Å²) >= 11 is 0. The minimum Gasteiger partial charge on any atom is -0.466 e. The summed E-state index contributed by atoms with van der Waals surface area (Å²) in [5.41, 5.74) is -0.610. The minimum atomic E-state index is -0.610. The third-order valence-corrected chi connectivity index (χ3v) is 14.8. The molecule has 0 aliphatic rings. The molecule has 0 spiro atoms. The standard InChI is InChI=1S/C61H121NO5/c1-7-13-17-21-25-33-43-57(44-34-26-22-18-14-8-2)55-59(63)66-53-41-31-29-37-47-61(65,49-39-40-52-62(50-11-5)51-12-6)48-38-30-32-42-54-67-60(64)56-58(45-35-27-23-19-15-9-3)46-36-28-24-20-16-10-4/h57-58,65H,7-56H2,1-6H3. The van der Waals surface area contributed by atoms with Crippen LogP contribution < -0.4 is 0 Å². The Morgan fingerprint density at radius 2 is 0.642 bits per heavy atom. The molecule has 0 unspecified atom stereocenters. The largest absolute Gasteiger partial charge is 0.466 e. The number of unbranched alkanes of at least 4 members (excludes halogenated alkanes) is 27. The summed E-state index contributed by atoms with van der Waals surface area (Å²) in [5, 5.41) is 12.0. The van der Waals surface area contributed by atoms with Crippen LogP contribution in [-0.2, 0) is 19.1 Å². The summed E-state index contributed by atoms with van der Waals surface area (Å²) in [6.07, 6.45) is 52.6. The molecule has 6 heteroatoms. The summed E-state index contributed by atoms with van der Waals surface area (Å²) in [6.45, 7) is 18.2. The molecule has 0 atom stereocenters. The predicted molar refractivity (Wildman–Crippen MR) is 292 cm³/mol. The number of aliphatic hydroxyl groups is 1. The van der Waals surface area contributed by atoms with E-state index >= 15 is 0 Å². The summed E-state index contributed by atoms with van der Waals surface area (Å²) in [6, 6.07) is 0. The smallest absolute Gasteiger partial charge is 0.306 e. The Bertz CT molecular complexity index is 917. The van der Waals surface area contributed by atoms with E-state index in [-0.39, 0.29) is 11.9 Å². The summed E-state index contributed by atoms with van der Waals surface area (Å²) < 4.78 is 11.6. The number of nitrogens with zero attached hydrogens (tertiary/aromatic N) is 1. The third-order valence-electron chi connectivity index (χ3n) is 14.8. The normalized spacial score (nSPS) is 12.0. The van der Waals surface area contributed by atoms with Crippen LogP contribution in [0.15, 0.2) is 0 Å². The summed E-state index contributed by atoms with van der Waals surface area (Å²) in [4.78, 5) is 28.5. The topological polar surface area (TPSA) is 76.1 Å². The first-order valence-corrected chi connectivity index (χ1v) is 30.5. The van der Waals surface area contributed by atoms with Gasteiger partial charge in [0.05, 0.1) is 18.8 Å². The number of carbonyl (C=O) groups excluding carboxylic acids is 2. The zero-order valence-corrected chi connectivity index (χ0v) is 46.5. The van der Waals surface area contributed by atoms with Crippen LogP contribution in [0.5, 0.6) is 0 Å². The maximum absolute atomic E-state index is 13.0. The van der Waals surface area contributed by atoms with Gasteiger partial charge in [-0.2, -0.15) is 0 Å². The number of ether oxygens (including phenoxy) is 2. The van der Waals surface area contributed by atoms with Gasteiger partial charge in [0, 0.05) is 12.8 Å². The predicted octanol–water partition coefficient (Wildman–Crippen LogP) is 19.0. The average molecular weight is 949 g/mol. The number of rotatable bonds is 55. The van der Waals surface area contributed by atoms with E-state index in [2.05, 4.69) is 46.4 Å². The molecule has 67 heavy (non-hydrogen) atoms. The van der Waals surface area contributed by atoms with Crippen molar-refractivity contribution in [1.82, 2.24) is 4.90 Å². The Kier molecular flexibility index (Phi) is 50.4. The van der Waals surface area contributed by atoms with Crippen molar-refractivity contribution in [1.29, 1.82) is 0 Å². The fourth-order valence-corrected chi connectivity index (χ4v) is 10.5. The Balaban J connectivity index is 4.84. The van der Waals surface area contributed by atoms with E-state index in [0.29, 0.717) is 37.9 Å². The number of carbonyl (C=O) groups is 2. The SMILES string of the molecule is CCCCCCCCC(CCCCCCCC)CC(=O)OCCCCCCC(O)(CCCCCCOC(=O)CC(CCCCCCCC)CCCCCCCC)CCCCN(CCC)CCC. The van der Waals surface area contributed by atoms with Crippen molar-refractivity contribution in [3.63, 3.8) is 0 Å². The Morgan fingerprint density at radius 3 is 0.970 bits per heavy atom. The molecule has 0 aromatic rings. The van der Waals surface area contributed by atoms with Gasteiger partial charge in [-0.15, -0.1) is 0 Å². The second kappa shape index (κ2) is 51.2. The number of hydrogen-bond donors (Lipinski definition) is 1. The number of esters is 2. The van der Waals surface area contributed by atoms with Gasteiger partial charge >= 0.3 is 11.9 Å². The molecule has 0 aliphatic heterocycles. The molecule has 0 aromatic carbocycles. The van der Waals surface area contributed by atoms with Crippen LogP contribution in [0.25, 0.3) is 0 Å². The lowest BCUT2D eigenvalue weighted by atomic mass is 9.85. The van der Waals surface area contributed by atoms with Crippen LogP contribution in [0.1, 0.15) is 330 Å². The maximum Gasteiger partial charge on any atom is 0.306 e. The number of hydrogen-bond acceptors (Lipinski definition) is 6. The van der Waals surface area contributed by atoms with E-state index < -0.39 is 5.60 Å². The quantitative estimate of drug-likeness (QED) is 0.0484. The molecule has 0 aliphatic carbocycles. The Labute approximate surface area is 420 Å². The molecule has 0 fully saturated rings. The fraction of sp³-hybridized carbons (Fsp3) is 0.967. The van der Waals surface area contributed by atoms with Crippen molar-refractivity contribution in [2.75, 3.05) is 32.8 Å². The highest BCUT2D eigenvalue weighted by Gasteiger charge is 2.25. The lowest BCUT2D eigenvalue weighted by Crippen LogP contribution is -2.30. The van der Waals surface area contributed by atoms with Gasteiger partial charge in [0.25, 0.3) is 0 Å². The van der Waals surface area contributed by atoms with Crippen molar-refractivity contribution in [2.45, 2.75) is 336 Å². The van der Waals surface area contributed by atoms with Crippen LogP contribution in [0.2, 0.25) is 0 Å².